The first kappa shape index (κ1) is 10.5. The molecule has 16 heavy (non-hydrogen) atoms. The van der Waals surface area contributed by atoms with E-state index in [2.05, 4.69) is 20.4 Å². The Morgan fingerprint density at radius 2 is 2.38 bits per heavy atom. The molecule has 0 aliphatic carbocycles. The van der Waals surface area contributed by atoms with Crippen molar-refractivity contribution >= 4 is 5.82 Å². The highest BCUT2D eigenvalue weighted by molar-refractivity contribution is 5.33. The number of hydrogen-bond acceptors (Lipinski definition) is 4. The molecule has 0 aliphatic heterocycles. The van der Waals surface area contributed by atoms with Gasteiger partial charge in [0.2, 0.25) is 5.95 Å². The third kappa shape index (κ3) is 2.75. The monoisotopic (exact) mass is 221 g/mol. The Labute approximate surface area is 92.3 Å². The maximum atomic E-state index is 12.8. The molecule has 0 radical (unpaired) electrons. The molecule has 1 unspecified atom stereocenters. The van der Waals surface area contributed by atoms with Gasteiger partial charge in [-0.3, -0.25) is 4.68 Å². The second kappa shape index (κ2) is 4.69. The molecule has 2 aromatic heterocycles. The Morgan fingerprint density at radius 1 is 1.50 bits per heavy atom. The molecule has 0 spiro atoms. The lowest BCUT2D eigenvalue weighted by Gasteiger charge is -2.14. The summed E-state index contributed by atoms with van der Waals surface area (Å²) in [7, 11) is 0. The largest absolute Gasteiger partial charge is 0.366 e. The normalized spacial score (nSPS) is 12.4. The van der Waals surface area contributed by atoms with Crippen LogP contribution < -0.4 is 5.32 Å². The number of nitrogens with zero attached hydrogens (tertiary/aromatic N) is 4. The number of nitrogens with one attached hydrogen (secondary N) is 1. The van der Waals surface area contributed by atoms with Crippen LogP contribution in [0.5, 0.6) is 0 Å². The van der Waals surface area contributed by atoms with E-state index < -0.39 is 5.95 Å². The van der Waals surface area contributed by atoms with Crippen molar-refractivity contribution in [1.82, 2.24) is 19.7 Å². The molecule has 5 nitrogen and oxygen atoms in total. The maximum Gasteiger partial charge on any atom is 0.217 e. The quantitative estimate of drug-likeness (QED) is 0.791. The van der Waals surface area contributed by atoms with E-state index in [4.69, 9.17) is 0 Å². The van der Waals surface area contributed by atoms with Gasteiger partial charge >= 0.3 is 0 Å². The first-order valence-electron chi connectivity index (χ1n) is 4.95. The van der Waals surface area contributed by atoms with Gasteiger partial charge in [0.15, 0.2) is 0 Å². The SMILES string of the molecule is CC(Cn1cccn1)Nc1cc(F)ncn1. The smallest absolute Gasteiger partial charge is 0.217 e. The predicted molar refractivity (Wildman–Crippen MR) is 57.3 cm³/mol. The summed E-state index contributed by atoms with van der Waals surface area (Å²) in [5, 5.41) is 7.15. The van der Waals surface area contributed by atoms with Crippen molar-refractivity contribution < 1.29 is 4.39 Å². The van der Waals surface area contributed by atoms with Crippen LogP contribution in [-0.2, 0) is 6.54 Å². The van der Waals surface area contributed by atoms with Crippen LogP contribution >= 0.6 is 0 Å². The number of aromatic nitrogens is 4. The van der Waals surface area contributed by atoms with Crippen molar-refractivity contribution in [2.45, 2.75) is 19.5 Å². The van der Waals surface area contributed by atoms with Gasteiger partial charge in [-0.1, -0.05) is 0 Å². The van der Waals surface area contributed by atoms with E-state index in [0.29, 0.717) is 12.4 Å². The standard InChI is InChI=1S/C10H12FN5/c1-8(6-16-4-2-3-14-16)15-10-5-9(11)12-7-13-10/h2-5,7-8H,6H2,1H3,(H,12,13,15). The summed E-state index contributed by atoms with van der Waals surface area (Å²) in [6, 6.07) is 3.23. The molecule has 0 fully saturated rings. The van der Waals surface area contributed by atoms with E-state index in [9.17, 15) is 4.39 Å². The molecule has 1 N–H and O–H groups in total. The summed E-state index contributed by atoms with van der Waals surface area (Å²) in [5.74, 6) is -0.0593. The van der Waals surface area contributed by atoms with Gasteiger partial charge < -0.3 is 5.32 Å². The van der Waals surface area contributed by atoms with Gasteiger partial charge in [0.05, 0.1) is 6.54 Å². The Kier molecular flexibility index (Phi) is 3.09. The fourth-order valence-electron chi connectivity index (χ4n) is 1.40. The van der Waals surface area contributed by atoms with Crippen molar-refractivity contribution in [1.29, 1.82) is 0 Å². The minimum atomic E-state index is -0.538. The number of anilines is 1. The Bertz CT molecular complexity index is 442. The number of hydrogen-bond donors (Lipinski definition) is 1. The predicted octanol–water partition coefficient (Wildman–Crippen LogP) is 1.31. The van der Waals surface area contributed by atoms with Crippen molar-refractivity contribution in [3.8, 4) is 0 Å². The fourth-order valence-corrected chi connectivity index (χ4v) is 1.40. The molecule has 0 amide bonds. The number of halogens is 1. The van der Waals surface area contributed by atoms with E-state index in [0.717, 1.165) is 0 Å². The highest BCUT2D eigenvalue weighted by Crippen LogP contribution is 2.05. The molecule has 2 rings (SSSR count). The highest BCUT2D eigenvalue weighted by atomic mass is 19.1. The summed E-state index contributed by atoms with van der Waals surface area (Å²) >= 11 is 0. The van der Waals surface area contributed by atoms with Gasteiger partial charge in [0, 0.05) is 24.5 Å². The molecular weight excluding hydrogens is 209 g/mol. The van der Waals surface area contributed by atoms with Gasteiger partial charge in [0.25, 0.3) is 0 Å². The summed E-state index contributed by atoms with van der Waals surface area (Å²) in [4.78, 5) is 7.30. The highest BCUT2D eigenvalue weighted by Gasteiger charge is 2.04. The van der Waals surface area contributed by atoms with E-state index >= 15 is 0 Å². The molecule has 0 bridgehead atoms. The van der Waals surface area contributed by atoms with Gasteiger partial charge in [-0.25, -0.2) is 9.97 Å². The maximum absolute atomic E-state index is 12.8. The van der Waals surface area contributed by atoms with Crippen molar-refractivity contribution in [2.24, 2.45) is 0 Å². The van der Waals surface area contributed by atoms with Crippen molar-refractivity contribution in [3.63, 3.8) is 0 Å². The first-order valence-corrected chi connectivity index (χ1v) is 4.95. The zero-order valence-corrected chi connectivity index (χ0v) is 8.84. The summed E-state index contributed by atoms with van der Waals surface area (Å²) in [5.41, 5.74) is 0. The minimum absolute atomic E-state index is 0.106. The average Bonchev–Trinajstić information content (AvgIpc) is 2.70. The van der Waals surface area contributed by atoms with Crippen LogP contribution in [-0.4, -0.2) is 25.8 Å². The van der Waals surface area contributed by atoms with Crippen LogP contribution in [0, 0.1) is 5.95 Å². The lowest BCUT2D eigenvalue weighted by atomic mass is 10.3. The summed E-state index contributed by atoms with van der Waals surface area (Å²) in [6.07, 6.45) is 4.79. The molecule has 6 heteroatoms. The molecule has 84 valence electrons. The second-order valence-electron chi connectivity index (χ2n) is 3.50. The topological polar surface area (TPSA) is 55.6 Å². The average molecular weight is 221 g/mol. The van der Waals surface area contributed by atoms with Gasteiger partial charge in [0.1, 0.15) is 12.1 Å². The fraction of sp³-hybridized carbons (Fsp3) is 0.300. The van der Waals surface area contributed by atoms with E-state index in [1.54, 1.807) is 10.9 Å². The van der Waals surface area contributed by atoms with Crippen molar-refractivity contribution in [3.05, 3.63) is 36.8 Å². The molecular formula is C10H12FN5. The summed E-state index contributed by atoms with van der Waals surface area (Å²) < 4.78 is 14.6. The first-order chi connectivity index (χ1) is 7.74. The third-order valence-electron chi connectivity index (χ3n) is 2.05. The lowest BCUT2D eigenvalue weighted by Crippen LogP contribution is -2.22. The third-order valence-corrected chi connectivity index (χ3v) is 2.05. The van der Waals surface area contributed by atoms with Crippen LogP contribution in [0.25, 0.3) is 0 Å². The van der Waals surface area contributed by atoms with Gasteiger partial charge in [-0.2, -0.15) is 9.49 Å². The number of rotatable bonds is 4. The molecule has 0 aromatic carbocycles. The molecule has 2 aromatic rings. The Morgan fingerprint density at radius 3 is 3.06 bits per heavy atom. The molecule has 0 saturated heterocycles. The Balaban J connectivity index is 1.94. The second-order valence-corrected chi connectivity index (χ2v) is 3.50. The zero-order chi connectivity index (χ0) is 11.4. The zero-order valence-electron chi connectivity index (χ0n) is 8.84. The minimum Gasteiger partial charge on any atom is -0.366 e. The van der Waals surface area contributed by atoms with Crippen molar-refractivity contribution in [2.75, 3.05) is 5.32 Å². The van der Waals surface area contributed by atoms with Crippen LogP contribution in [0.2, 0.25) is 0 Å². The van der Waals surface area contributed by atoms with Crippen LogP contribution in [0.1, 0.15) is 6.92 Å². The lowest BCUT2D eigenvalue weighted by molar-refractivity contribution is 0.555. The molecule has 2 heterocycles. The molecule has 0 saturated carbocycles. The van der Waals surface area contributed by atoms with Gasteiger partial charge in [-0.05, 0) is 13.0 Å². The van der Waals surface area contributed by atoms with Crippen LogP contribution in [0.15, 0.2) is 30.9 Å². The van der Waals surface area contributed by atoms with Crippen LogP contribution in [0.4, 0.5) is 10.2 Å². The van der Waals surface area contributed by atoms with E-state index in [1.165, 1.54) is 12.4 Å². The summed E-state index contributed by atoms with van der Waals surface area (Å²) in [6.45, 7) is 2.67. The van der Waals surface area contributed by atoms with Crippen LogP contribution in [0.3, 0.4) is 0 Å². The molecule has 1 atom stereocenters. The van der Waals surface area contributed by atoms with Gasteiger partial charge in [-0.15, -0.1) is 0 Å². The molecule has 0 aliphatic rings. The van der Waals surface area contributed by atoms with E-state index in [-0.39, 0.29) is 6.04 Å². The Hall–Kier alpha value is -1.98. The van der Waals surface area contributed by atoms with E-state index in [1.807, 2.05) is 19.2 Å².